The Morgan fingerprint density at radius 3 is 2.74 bits per heavy atom. The molecule has 1 saturated carbocycles. The van der Waals surface area contributed by atoms with Crippen LogP contribution in [0.1, 0.15) is 52.4 Å². The Morgan fingerprint density at radius 2 is 2.09 bits per heavy atom. The summed E-state index contributed by atoms with van der Waals surface area (Å²) in [7, 11) is 2.16. The second-order valence-corrected chi connectivity index (χ2v) is 7.27. The lowest BCUT2D eigenvalue weighted by atomic mass is 9.81. The number of rotatable bonds is 6. The Kier molecular flexibility index (Phi) is 10.5. The Morgan fingerprint density at radius 1 is 1.26 bits per heavy atom. The Bertz CT molecular complexity index is 345. The number of hydrogen-bond donors (Lipinski definition) is 1. The molecule has 4 nitrogen and oxygen atoms in total. The molecule has 0 amide bonds. The van der Waals surface area contributed by atoms with E-state index in [1.807, 2.05) is 0 Å². The van der Waals surface area contributed by atoms with E-state index < -0.39 is 0 Å². The molecule has 2 fully saturated rings. The quantitative estimate of drug-likeness (QED) is 0.391. The van der Waals surface area contributed by atoms with Gasteiger partial charge in [0.15, 0.2) is 5.96 Å². The minimum atomic E-state index is 0. The van der Waals surface area contributed by atoms with Crippen molar-refractivity contribution in [2.45, 2.75) is 52.4 Å². The lowest BCUT2D eigenvalue weighted by molar-refractivity contribution is 0.181. The Hall–Kier alpha value is -0.0400. The van der Waals surface area contributed by atoms with Gasteiger partial charge in [0.1, 0.15) is 0 Å². The van der Waals surface area contributed by atoms with Gasteiger partial charge in [0, 0.05) is 39.2 Å². The Balaban J connectivity index is 0.00000264. The van der Waals surface area contributed by atoms with Crippen molar-refractivity contribution in [2.75, 3.05) is 39.9 Å². The van der Waals surface area contributed by atoms with Gasteiger partial charge >= 0.3 is 0 Å². The van der Waals surface area contributed by atoms with E-state index in [1.165, 1.54) is 38.5 Å². The monoisotopic (exact) mass is 437 g/mol. The molecule has 1 aliphatic carbocycles. The lowest BCUT2D eigenvalue weighted by Gasteiger charge is -2.27. The summed E-state index contributed by atoms with van der Waals surface area (Å²) in [5.74, 6) is 3.54. The van der Waals surface area contributed by atoms with E-state index in [0.29, 0.717) is 5.92 Å². The van der Waals surface area contributed by atoms with Gasteiger partial charge in [-0.15, -0.1) is 24.0 Å². The zero-order valence-electron chi connectivity index (χ0n) is 15.2. The van der Waals surface area contributed by atoms with Gasteiger partial charge in [0.25, 0.3) is 0 Å². The smallest absolute Gasteiger partial charge is 0.193 e. The second kappa shape index (κ2) is 11.5. The van der Waals surface area contributed by atoms with Crippen molar-refractivity contribution in [2.24, 2.45) is 22.7 Å². The van der Waals surface area contributed by atoms with Crippen LogP contribution < -0.4 is 5.32 Å². The largest absolute Gasteiger partial charge is 0.381 e. The van der Waals surface area contributed by atoms with E-state index >= 15 is 0 Å². The lowest BCUT2D eigenvalue weighted by Crippen LogP contribution is -2.41. The maximum Gasteiger partial charge on any atom is 0.193 e. The number of ether oxygens (including phenoxy) is 1. The van der Waals surface area contributed by atoms with Crippen molar-refractivity contribution in [1.82, 2.24) is 10.2 Å². The van der Waals surface area contributed by atoms with Crippen LogP contribution in [-0.4, -0.2) is 50.8 Å². The third-order valence-electron chi connectivity index (χ3n) is 5.10. The maximum absolute atomic E-state index is 5.48. The average Bonchev–Trinajstić information content (AvgIpc) is 2.99. The van der Waals surface area contributed by atoms with Gasteiger partial charge in [-0.05, 0) is 38.0 Å². The number of nitrogens with zero attached hydrogens (tertiary/aromatic N) is 2. The van der Waals surface area contributed by atoms with Crippen LogP contribution in [0.4, 0.5) is 0 Å². The molecule has 0 aromatic carbocycles. The minimum Gasteiger partial charge on any atom is -0.381 e. The molecule has 0 radical (unpaired) electrons. The molecular formula is C18H36IN3O. The van der Waals surface area contributed by atoms with Crippen molar-refractivity contribution in [3.8, 4) is 0 Å². The van der Waals surface area contributed by atoms with E-state index in [9.17, 15) is 0 Å². The topological polar surface area (TPSA) is 36.9 Å². The first-order valence-corrected chi connectivity index (χ1v) is 9.26. The SMILES string of the molecule is CCNC(=NCCC1CCCC(C)C1)N(C)CC1CCOC1.I. The first-order chi connectivity index (χ1) is 10.7. The van der Waals surface area contributed by atoms with E-state index in [4.69, 9.17) is 9.73 Å². The van der Waals surface area contributed by atoms with Crippen LogP contribution in [0.5, 0.6) is 0 Å². The van der Waals surface area contributed by atoms with Crippen LogP contribution in [0, 0.1) is 17.8 Å². The summed E-state index contributed by atoms with van der Waals surface area (Å²) in [6.45, 7) is 9.32. The highest BCUT2D eigenvalue weighted by atomic mass is 127. The van der Waals surface area contributed by atoms with Gasteiger partial charge in [0.05, 0.1) is 6.61 Å². The summed E-state index contributed by atoms with van der Waals surface area (Å²) < 4.78 is 5.48. The molecule has 1 heterocycles. The first-order valence-electron chi connectivity index (χ1n) is 9.26. The van der Waals surface area contributed by atoms with Gasteiger partial charge in [0.2, 0.25) is 0 Å². The molecule has 5 heteroatoms. The molecule has 2 aliphatic rings. The fraction of sp³-hybridized carbons (Fsp3) is 0.944. The van der Waals surface area contributed by atoms with Crippen LogP contribution in [0.15, 0.2) is 4.99 Å². The molecule has 0 aromatic rings. The van der Waals surface area contributed by atoms with Crippen LogP contribution in [0.25, 0.3) is 0 Å². The zero-order valence-corrected chi connectivity index (χ0v) is 17.6. The summed E-state index contributed by atoms with van der Waals surface area (Å²) >= 11 is 0. The molecule has 23 heavy (non-hydrogen) atoms. The maximum atomic E-state index is 5.48. The minimum absolute atomic E-state index is 0. The average molecular weight is 437 g/mol. The van der Waals surface area contributed by atoms with E-state index in [0.717, 1.165) is 50.6 Å². The Labute approximate surface area is 159 Å². The number of hydrogen-bond acceptors (Lipinski definition) is 2. The highest BCUT2D eigenvalue weighted by molar-refractivity contribution is 14.0. The van der Waals surface area contributed by atoms with Gasteiger partial charge in [-0.2, -0.15) is 0 Å². The van der Waals surface area contributed by atoms with Crippen molar-refractivity contribution < 1.29 is 4.74 Å². The highest BCUT2D eigenvalue weighted by Gasteiger charge is 2.20. The summed E-state index contributed by atoms with van der Waals surface area (Å²) in [5, 5.41) is 3.44. The number of nitrogens with one attached hydrogen (secondary N) is 1. The van der Waals surface area contributed by atoms with Crippen molar-refractivity contribution in [3.63, 3.8) is 0 Å². The van der Waals surface area contributed by atoms with E-state index in [1.54, 1.807) is 0 Å². The van der Waals surface area contributed by atoms with Gasteiger partial charge < -0.3 is 15.0 Å². The van der Waals surface area contributed by atoms with E-state index in [2.05, 4.69) is 31.1 Å². The predicted molar refractivity (Wildman–Crippen MR) is 109 cm³/mol. The summed E-state index contributed by atoms with van der Waals surface area (Å²) in [5.41, 5.74) is 0. The molecule has 0 spiro atoms. The van der Waals surface area contributed by atoms with Crippen molar-refractivity contribution in [3.05, 3.63) is 0 Å². The number of aliphatic imine (C=N–C) groups is 1. The van der Waals surface area contributed by atoms with Crippen LogP contribution in [0.3, 0.4) is 0 Å². The summed E-state index contributed by atoms with van der Waals surface area (Å²) in [6.07, 6.45) is 8.09. The zero-order chi connectivity index (χ0) is 15.8. The second-order valence-electron chi connectivity index (χ2n) is 7.27. The predicted octanol–water partition coefficient (Wildman–Crippen LogP) is 3.75. The highest BCUT2D eigenvalue weighted by Crippen LogP contribution is 2.30. The molecule has 1 N–H and O–H groups in total. The number of guanidine groups is 1. The van der Waals surface area contributed by atoms with Gasteiger partial charge in [-0.25, -0.2) is 0 Å². The third kappa shape index (κ3) is 7.59. The van der Waals surface area contributed by atoms with Gasteiger partial charge in [-0.1, -0.05) is 26.2 Å². The third-order valence-corrected chi connectivity index (χ3v) is 5.10. The van der Waals surface area contributed by atoms with E-state index in [-0.39, 0.29) is 24.0 Å². The number of halogens is 1. The molecular weight excluding hydrogens is 401 g/mol. The molecule has 3 unspecified atom stereocenters. The van der Waals surface area contributed by atoms with Crippen LogP contribution >= 0.6 is 24.0 Å². The fourth-order valence-electron chi connectivity index (χ4n) is 3.85. The molecule has 2 rings (SSSR count). The summed E-state index contributed by atoms with van der Waals surface area (Å²) in [6, 6.07) is 0. The van der Waals surface area contributed by atoms with Crippen molar-refractivity contribution in [1.29, 1.82) is 0 Å². The van der Waals surface area contributed by atoms with Crippen LogP contribution in [0.2, 0.25) is 0 Å². The van der Waals surface area contributed by atoms with Crippen molar-refractivity contribution >= 4 is 29.9 Å². The van der Waals surface area contributed by atoms with Gasteiger partial charge in [-0.3, -0.25) is 4.99 Å². The van der Waals surface area contributed by atoms with Crippen LogP contribution in [-0.2, 0) is 4.74 Å². The normalized spacial score (nSPS) is 28.3. The summed E-state index contributed by atoms with van der Waals surface area (Å²) in [4.78, 5) is 7.15. The molecule has 136 valence electrons. The standard InChI is InChI=1S/C18H35N3O.HI/c1-4-19-18(21(3)13-17-9-11-22-14-17)20-10-8-16-7-5-6-15(2)12-16;/h15-17H,4-14H2,1-3H3,(H,19,20);1H. The fourth-order valence-corrected chi connectivity index (χ4v) is 3.85. The first kappa shape index (κ1) is 21.0. The molecule has 1 aliphatic heterocycles. The molecule has 0 bridgehead atoms. The molecule has 1 saturated heterocycles. The molecule has 3 atom stereocenters. The molecule has 0 aromatic heterocycles.